The van der Waals surface area contributed by atoms with Crippen LogP contribution in [0.15, 0.2) is 30.6 Å². The van der Waals surface area contributed by atoms with Crippen LogP contribution in [0.4, 0.5) is 0 Å². The second kappa shape index (κ2) is 8.07. The Morgan fingerprint density at radius 1 is 1.27 bits per heavy atom. The number of benzene rings is 1. The number of fused-ring (bicyclic) bond motifs is 2. The molecule has 4 aromatic rings. The van der Waals surface area contributed by atoms with Gasteiger partial charge in [0, 0.05) is 33.3 Å². The minimum atomic E-state index is -1.20. The molecular formula is C24H29N5O3Si. The van der Waals surface area contributed by atoms with E-state index in [4.69, 9.17) is 14.8 Å². The Balaban J connectivity index is 1.52. The lowest BCUT2D eigenvalue weighted by molar-refractivity contribution is 0.0696. The van der Waals surface area contributed by atoms with Crippen molar-refractivity contribution in [1.29, 1.82) is 0 Å². The molecule has 0 aliphatic heterocycles. The summed E-state index contributed by atoms with van der Waals surface area (Å²) in [5.41, 5.74) is 4.60. The second-order valence-corrected chi connectivity index (χ2v) is 15.7. The molecule has 0 spiro atoms. The molecule has 1 aliphatic rings. The van der Waals surface area contributed by atoms with Crippen molar-refractivity contribution < 1.29 is 14.6 Å². The molecule has 1 fully saturated rings. The largest absolute Gasteiger partial charge is 0.478 e. The minimum absolute atomic E-state index is 0.118. The van der Waals surface area contributed by atoms with E-state index >= 15 is 0 Å². The van der Waals surface area contributed by atoms with Crippen molar-refractivity contribution >= 4 is 36.1 Å². The summed E-state index contributed by atoms with van der Waals surface area (Å²) in [4.78, 5) is 21.3. The molecule has 1 aliphatic carbocycles. The summed E-state index contributed by atoms with van der Waals surface area (Å²) < 4.78 is 9.40. The number of aromatic carboxylic acids is 1. The Hall–Kier alpha value is -3.04. The molecule has 1 saturated carbocycles. The van der Waals surface area contributed by atoms with E-state index < -0.39 is 14.0 Å². The van der Waals surface area contributed by atoms with Crippen molar-refractivity contribution in [2.24, 2.45) is 7.05 Å². The smallest absolute Gasteiger partial charge is 0.339 e. The highest BCUT2D eigenvalue weighted by Gasteiger charge is 2.25. The molecule has 8 nitrogen and oxygen atoms in total. The summed E-state index contributed by atoms with van der Waals surface area (Å²) in [5, 5.41) is 15.5. The fourth-order valence-corrected chi connectivity index (χ4v) is 4.86. The fraction of sp³-hybridized carbons (Fsp3) is 0.417. The number of aromatic nitrogens is 5. The van der Waals surface area contributed by atoms with Crippen molar-refractivity contribution in [3.05, 3.63) is 41.7 Å². The average Bonchev–Trinajstić information content (AvgIpc) is 3.48. The summed E-state index contributed by atoms with van der Waals surface area (Å²) in [6, 6.07) is 7.51. The molecular weight excluding hydrogens is 434 g/mol. The van der Waals surface area contributed by atoms with Crippen LogP contribution >= 0.6 is 0 Å². The Morgan fingerprint density at radius 3 is 2.76 bits per heavy atom. The van der Waals surface area contributed by atoms with Gasteiger partial charge in [0.05, 0.1) is 11.7 Å². The van der Waals surface area contributed by atoms with Gasteiger partial charge in [0.25, 0.3) is 0 Å². The summed E-state index contributed by atoms with van der Waals surface area (Å²) in [6.45, 7) is 7.79. The van der Waals surface area contributed by atoms with Crippen LogP contribution in [0.5, 0.6) is 0 Å². The Bertz CT molecular complexity index is 1360. The third kappa shape index (κ3) is 4.30. The third-order valence-electron chi connectivity index (χ3n) is 6.19. The first-order chi connectivity index (χ1) is 15.7. The molecule has 172 valence electrons. The molecule has 3 heterocycles. The number of carbonyl (C=O) groups is 1. The normalized spacial score (nSPS) is 14.4. The van der Waals surface area contributed by atoms with Crippen molar-refractivity contribution in [2.75, 3.05) is 6.61 Å². The molecule has 0 unspecified atom stereocenters. The molecule has 5 rings (SSSR count). The van der Waals surface area contributed by atoms with Crippen molar-refractivity contribution in [2.45, 2.75) is 51.2 Å². The van der Waals surface area contributed by atoms with E-state index in [1.165, 1.54) is 18.4 Å². The van der Waals surface area contributed by atoms with Crippen LogP contribution < -0.4 is 0 Å². The third-order valence-corrected chi connectivity index (χ3v) is 7.89. The highest BCUT2D eigenvalue weighted by atomic mass is 28.3. The summed E-state index contributed by atoms with van der Waals surface area (Å²) in [6.07, 6.45) is 5.69. The van der Waals surface area contributed by atoms with Gasteiger partial charge in [-0.15, -0.1) is 0 Å². The zero-order valence-electron chi connectivity index (χ0n) is 19.5. The SMILES string of the molecule is Cn1nc(-c2cnc3c(n2)c(C(=O)O)cn3COCC[Si](C)(C)C)c2cc(C3CC3)ccc21. The number of carboxylic acids is 1. The molecule has 3 aromatic heterocycles. The van der Waals surface area contributed by atoms with E-state index in [0.717, 1.165) is 22.6 Å². The zero-order chi connectivity index (χ0) is 23.3. The van der Waals surface area contributed by atoms with Gasteiger partial charge in [0.15, 0.2) is 5.65 Å². The predicted octanol–water partition coefficient (Wildman–Crippen LogP) is 4.87. The first-order valence-electron chi connectivity index (χ1n) is 11.4. The summed E-state index contributed by atoms with van der Waals surface area (Å²) in [7, 11) is 0.708. The van der Waals surface area contributed by atoms with Gasteiger partial charge in [-0.2, -0.15) is 5.10 Å². The van der Waals surface area contributed by atoms with Crippen LogP contribution in [0, 0.1) is 0 Å². The van der Waals surface area contributed by atoms with E-state index in [-0.39, 0.29) is 12.3 Å². The highest BCUT2D eigenvalue weighted by Crippen LogP contribution is 2.41. The standard InChI is InChI=1S/C24H29N5O3Si/c1-28-20-8-7-16(15-5-6-15)11-17(20)21(27-28)19-12-25-23-22(26-19)18(24(30)31)13-29(23)14-32-9-10-33(2,3)4/h7-8,11-13,15H,5-6,9-10,14H2,1-4H3,(H,30,31). The van der Waals surface area contributed by atoms with Crippen LogP contribution in [0.1, 0.15) is 34.7 Å². The topological polar surface area (TPSA) is 95.1 Å². The Labute approximate surface area is 193 Å². The molecule has 1 aromatic carbocycles. The number of hydrogen-bond donors (Lipinski definition) is 1. The van der Waals surface area contributed by atoms with Crippen LogP contribution in [-0.4, -0.2) is 50.1 Å². The van der Waals surface area contributed by atoms with Crippen molar-refractivity contribution in [1.82, 2.24) is 24.3 Å². The molecule has 0 atom stereocenters. The van der Waals surface area contributed by atoms with Gasteiger partial charge < -0.3 is 14.4 Å². The van der Waals surface area contributed by atoms with E-state index in [9.17, 15) is 9.90 Å². The summed E-state index contributed by atoms with van der Waals surface area (Å²) >= 11 is 0. The first-order valence-corrected chi connectivity index (χ1v) is 15.1. The minimum Gasteiger partial charge on any atom is -0.478 e. The lowest BCUT2D eigenvalue weighted by Gasteiger charge is -2.15. The summed E-state index contributed by atoms with van der Waals surface area (Å²) in [5.74, 6) is -0.404. The molecule has 1 N–H and O–H groups in total. The molecule has 33 heavy (non-hydrogen) atoms. The van der Waals surface area contributed by atoms with Gasteiger partial charge in [0.1, 0.15) is 29.2 Å². The van der Waals surface area contributed by atoms with Crippen molar-refractivity contribution in [3.8, 4) is 11.4 Å². The maximum atomic E-state index is 11.9. The molecule has 0 bridgehead atoms. The zero-order valence-corrected chi connectivity index (χ0v) is 20.5. The van der Waals surface area contributed by atoms with Gasteiger partial charge in [0.2, 0.25) is 0 Å². The number of nitrogens with zero attached hydrogens (tertiary/aromatic N) is 5. The van der Waals surface area contributed by atoms with Crippen LogP contribution in [-0.2, 0) is 18.5 Å². The average molecular weight is 464 g/mol. The lowest BCUT2D eigenvalue weighted by atomic mass is 10.1. The van der Waals surface area contributed by atoms with E-state index in [1.807, 2.05) is 11.7 Å². The predicted molar refractivity (Wildman–Crippen MR) is 130 cm³/mol. The molecule has 0 radical (unpaired) electrons. The molecule has 0 saturated heterocycles. The Kier molecular flexibility index (Phi) is 5.33. The van der Waals surface area contributed by atoms with Crippen LogP contribution in [0.3, 0.4) is 0 Å². The number of ether oxygens (including phenoxy) is 1. The van der Waals surface area contributed by atoms with Gasteiger partial charge in [-0.3, -0.25) is 4.68 Å². The van der Waals surface area contributed by atoms with Gasteiger partial charge >= 0.3 is 5.97 Å². The number of rotatable bonds is 8. The number of aryl methyl sites for hydroxylation is 1. The maximum Gasteiger partial charge on any atom is 0.339 e. The monoisotopic (exact) mass is 463 g/mol. The Morgan fingerprint density at radius 2 is 2.06 bits per heavy atom. The number of carboxylic acid groups (broad SMARTS) is 1. The quantitative estimate of drug-likeness (QED) is 0.296. The second-order valence-electron chi connectivity index (χ2n) is 10.1. The van der Waals surface area contributed by atoms with Gasteiger partial charge in [-0.05, 0) is 42.5 Å². The lowest BCUT2D eigenvalue weighted by Crippen LogP contribution is -2.22. The van der Waals surface area contributed by atoms with Crippen LogP contribution in [0.25, 0.3) is 33.5 Å². The fourth-order valence-electron chi connectivity index (χ4n) is 4.11. The number of hydrogen-bond acceptors (Lipinski definition) is 5. The highest BCUT2D eigenvalue weighted by molar-refractivity contribution is 6.76. The van der Waals surface area contributed by atoms with E-state index in [0.29, 0.717) is 29.4 Å². The van der Waals surface area contributed by atoms with Gasteiger partial charge in [-0.1, -0.05) is 25.7 Å². The van der Waals surface area contributed by atoms with E-state index in [1.54, 1.807) is 17.0 Å². The van der Waals surface area contributed by atoms with E-state index in [2.05, 4.69) is 42.8 Å². The molecule has 0 amide bonds. The maximum absolute atomic E-state index is 11.9. The van der Waals surface area contributed by atoms with Crippen molar-refractivity contribution in [3.63, 3.8) is 0 Å². The molecule has 9 heteroatoms. The van der Waals surface area contributed by atoms with Crippen LogP contribution in [0.2, 0.25) is 25.7 Å². The van der Waals surface area contributed by atoms with Gasteiger partial charge in [-0.25, -0.2) is 14.8 Å². The first kappa shape index (κ1) is 21.8.